The number of hydrogen-bond acceptors (Lipinski definition) is 3. The number of carbonyl (C=O) groups excluding carboxylic acids is 1. The number of alkyl halides is 3. The molecule has 2 aromatic rings. The lowest BCUT2D eigenvalue weighted by molar-refractivity contribution is -0.137. The Morgan fingerprint density at radius 2 is 2.00 bits per heavy atom. The van der Waals surface area contributed by atoms with Gasteiger partial charge < -0.3 is 11.1 Å². The molecule has 0 saturated heterocycles. The molecule has 1 aromatic carbocycles. The first-order valence-electron chi connectivity index (χ1n) is 5.67. The van der Waals surface area contributed by atoms with Crippen molar-refractivity contribution in [3.63, 3.8) is 0 Å². The zero-order chi connectivity index (χ0) is 15.6. The van der Waals surface area contributed by atoms with Gasteiger partial charge in [0, 0.05) is 5.69 Å². The van der Waals surface area contributed by atoms with Crippen LogP contribution in [-0.4, -0.2) is 10.9 Å². The lowest BCUT2D eigenvalue weighted by Gasteiger charge is -2.10. The minimum absolute atomic E-state index is 0.00619. The average Bonchev–Trinajstić information content (AvgIpc) is 2.41. The van der Waals surface area contributed by atoms with E-state index in [2.05, 4.69) is 10.3 Å². The normalized spacial score (nSPS) is 11.2. The van der Waals surface area contributed by atoms with E-state index in [0.29, 0.717) is 0 Å². The molecular weight excluding hydrogens is 307 g/mol. The number of anilines is 2. The fraction of sp³-hybridized carbons (Fsp3) is 0.0769. The lowest BCUT2D eigenvalue weighted by Crippen LogP contribution is -2.14. The standard InChI is InChI=1S/C13H9ClF3N3O/c14-11-10(5-8(18)6-19-11)12(21)20-9-3-1-2-7(4-9)13(15,16)17/h1-6H,18H2,(H,20,21). The number of nitrogens with zero attached hydrogens (tertiary/aromatic N) is 1. The third-order valence-electron chi connectivity index (χ3n) is 2.55. The minimum Gasteiger partial charge on any atom is -0.397 e. The molecular formula is C13H9ClF3N3O. The molecule has 0 radical (unpaired) electrons. The molecule has 0 spiro atoms. The zero-order valence-corrected chi connectivity index (χ0v) is 11.2. The molecule has 0 atom stereocenters. The van der Waals surface area contributed by atoms with Gasteiger partial charge in [0.15, 0.2) is 0 Å². The summed E-state index contributed by atoms with van der Waals surface area (Å²) in [5.74, 6) is -0.695. The summed E-state index contributed by atoms with van der Waals surface area (Å²) < 4.78 is 37.8. The molecule has 0 aliphatic heterocycles. The maximum Gasteiger partial charge on any atom is 0.416 e. The Morgan fingerprint density at radius 3 is 2.67 bits per heavy atom. The van der Waals surface area contributed by atoms with Gasteiger partial charge in [0.05, 0.1) is 23.0 Å². The molecule has 8 heteroatoms. The van der Waals surface area contributed by atoms with E-state index in [1.165, 1.54) is 24.4 Å². The smallest absolute Gasteiger partial charge is 0.397 e. The van der Waals surface area contributed by atoms with Gasteiger partial charge in [0.25, 0.3) is 5.91 Å². The van der Waals surface area contributed by atoms with E-state index >= 15 is 0 Å². The van der Waals surface area contributed by atoms with E-state index in [-0.39, 0.29) is 22.1 Å². The van der Waals surface area contributed by atoms with Gasteiger partial charge in [-0.2, -0.15) is 13.2 Å². The van der Waals surface area contributed by atoms with Gasteiger partial charge in [0.2, 0.25) is 0 Å². The van der Waals surface area contributed by atoms with Gasteiger partial charge in [-0.25, -0.2) is 4.98 Å². The van der Waals surface area contributed by atoms with Gasteiger partial charge in [-0.05, 0) is 24.3 Å². The number of pyridine rings is 1. The Bertz CT molecular complexity index is 689. The minimum atomic E-state index is -4.49. The fourth-order valence-corrected chi connectivity index (χ4v) is 1.78. The quantitative estimate of drug-likeness (QED) is 0.832. The summed E-state index contributed by atoms with van der Waals surface area (Å²) in [5.41, 5.74) is 4.82. The van der Waals surface area contributed by atoms with Gasteiger partial charge >= 0.3 is 6.18 Å². The second-order valence-corrected chi connectivity index (χ2v) is 4.50. The van der Waals surface area contributed by atoms with Crippen LogP contribution in [0, 0.1) is 0 Å². The number of amides is 1. The first-order chi connectivity index (χ1) is 9.77. The number of nitrogens with one attached hydrogen (secondary N) is 1. The Morgan fingerprint density at radius 1 is 1.29 bits per heavy atom. The number of rotatable bonds is 2. The Balaban J connectivity index is 2.26. The predicted molar refractivity (Wildman–Crippen MR) is 73.1 cm³/mol. The van der Waals surface area contributed by atoms with E-state index in [1.54, 1.807) is 0 Å². The maximum absolute atomic E-state index is 12.6. The predicted octanol–water partition coefficient (Wildman–Crippen LogP) is 3.59. The van der Waals surface area contributed by atoms with Crippen LogP contribution in [0.5, 0.6) is 0 Å². The molecule has 4 nitrogen and oxygen atoms in total. The van der Waals surface area contributed by atoms with Crippen LogP contribution in [0.15, 0.2) is 36.5 Å². The summed E-state index contributed by atoms with van der Waals surface area (Å²) in [7, 11) is 0. The second kappa shape index (κ2) is 5.61. The third kappa shape index (κ3) is 3.63. The molecule has 1 aromatic heterocycles. The van der Waals surface area contributed by atoms with Crippen molar-refractivity contribution in [3.05, 3.63) is 52.8 Å². The summed E-state index contributed by atoms with van der Waals surface area (Å²) >= 11 is 5.75. The highest BCUT2D eigenvalue weighted by molar-refractivity contribution is 6.33. The summed E-state index contributed by atoms with van der Waals surface area (Å²) in [6.07, 6.45) is -3.22. The topological polar surface area (TPSA) is 68.0 Å². The molecule has 0 bridgehead atoms. The van der Waals surface area contributed by atoms with Gasteiger partial charge in [0.1, 0.15) is 5.15 Å². The number of carbonyl (C=O) groups is 1. The van der Waals surface area contributed by atoms with Gasteiger partial charge in [-0.3, -0.25) is 4.79 Å². The van der Waals surface area contributed by atoms with Crippen LogP contribution in [0.25, 0.3) is 0 Å². The van der Waals surface area contributed by atoms with Gasteiger partial charge in [-0.1, -0.05) is 17.7 Å². The van der Waals surface area contributed by atoms with Crippen molar-refractivity contribution >= 4 is 28.9 Å². The van der Waals surface area contributed by atoms with Crippen molar-refractivity contribution in [1.82, 2.24) is 4.98 Å². The molecule has 1 heterocycles. The van der Waals surface area contributed by atoms with Crippen molar-refractivity contribution < 1.29 is 18.0 Å². The molecule has 0 aliphatic carbocycles. The van der Waals surface area contributed by atoms with Crippen LogP contribution < -0.4 is 11.1 Å². The average molecular weight is 316 g/mol. The van der Waals surface area contributed by atoms with E-state index in [0.717, 1.165) is 12.1 Å². The first-order valence-corrected chi connectivity index (χ1v) is 6.05. The highest BCUT2D eigenvalue weighted by Crippen LogP contribution is 2.30. The summed E-state index contributed by atoms with van der Waals surface area (Å²) in [4.78, 5) is 15.7. The monoisotopic (exact) mass is 315 g/mol. The Labute approximate surface area is 122 Å². The summed E-state index contributed by atoms with van der Waals surface area (Å²) in [6, 6.07) is 5.55. The van der Waals surface area contributed by atoms with Gasteiger partial charge in [-0.15, -0.1) is 0 Å². The molecule has 1 amide bonds. The summed E-state index contributed by atoms with van der Waals surface area (Å²) in [6.45, 7) is 0. The fourth-order valence-electron chi connectivity index (χ4n) is 1.60. The molecule has 21 heavy (non-hydrogen) atoms. The highest BCUT2D eigenvalue weighted by Gasteiger charge is 2.30. The molecule has 3 N–H and O–H groups in total. The van der Waals surface area contributed by atoms with Crippen LogP contribution in [0.4, 0.5) is 24.5 Å². The van der Waals surface area contributed by atoms with Crippen LogP contribution in [0.3, 0.4) is 0 Å². The van der Waals surface area contributed by atoms with Crippen LogP contribution in [0.1, 0.15) is 15.9 Å². The van der Waals surface area contributed by atoms with Crippen molar-refractivity contribution in [2.45, 2.75) is 6.18 Å². The molecule has 0 aliphatic rings. The second-order valence-electron chi connectivity index (χ2n) is 4.14. The molecule has 0 fully saturated rings. The first kappa shape index (κ1) is 15.1. The Kier molecular flexibility index (Phi) is 4.04. The number of aromatic nitrogens is 1. The largest absolute Gasteiger partial charge is 0.416 e. The lowest BCUT2D eigenvalue weighted by atomic mass is 10.2. The SMILES string of the molecule is Nc1cnc(Cl)c(C(=O)Nc2cccc(C(F)(F)F)c2)c1. The summed E-state index contributed by atoms with van der Waals surface area (Å²) in [5, 5.41) is 2.23. The van der Waals surface area contributed by atoms with E-state index in [1.807, 2.05) is 0 Å². The van der Waals surface area contributed by atoms with Crippen molar-refractivity contribution in [3.8, 4) is 0 Å². The third-order valence-corrected chi connectivity index (χ3v) is 2.85. The van der Waals surface area contributed by atoms with Crippen molar-refractivity contribution in [1.29, 1.82) is 0 Å². The zero-order valence-electron chi connectivity index (χ0n) is 10.4. The van der Waals surface area contributed by atoms with Crippen LogP contribution in [-0.2, 0) is 6.18 Å². The number of halogens is 4. The number of benzene rings is 1. The van der Waals surface area contributed by atoms with E-state index in [4.69, 9.17) is 17.3 Å². The van der Waals surface area contributed by atoms with Crippen molar-refractivity contribution in [2.75, 3.05) is 11.1 Å². The number of nitrogens with two attached hydrogens (primary N) is 1. The maximum atomic E-state index is 12.6. The van der Waals surface area contributed by atoms with Crippen molar-refractivity contribution in [2.24, 2.45) is 0 Å². The van der Waals surface area contributed by atoms with E-state index < -0.39 is 17.6 Å². The number of hydrogen-bond donors (Lipinski definition) is 2. The van der Waals surface area contributed by atoms with Crippen LogP contribution >= 0.6 is 11.6 Å². The highest BCUT2D eigenvalue weighted by atomic mass is 35.5. The Hall–Kier alpha value is -2.28. The van der Waals surface area contributed by atoms with E-state index in [9.17, 15) is 18.0 Å². The molecule has 0 unspecified atom stereocenters. The molecule has 0 saturated carbocycles. The molecule has 110 valence electrons. The van der Waals surface area contributed by atoms with Crippen LogP contribution in [0.2, 0.25) is 5.15 Å². The molecule has 2 rings (SSSR count). The number of nitrogen functional groups attached to an aromatic ring is 1.